The van der Waals surface area contributed by atoms with E-state index in [9.17, 15) is 9.18 Å². The Morgan fingerprint density at radius 3 is 2.70 bits per heavy atom. The molecule has 23 heavy (non-hydrogen) atoms. The van der Waals surface area contributed by atoms with Gasteiger partial charge in [0, 0.05) is 11.8 Å². The zero-order chi connectivity index (χ0) is 16.7. The first kappa shape index (κ1) is 16.5. The summed E-state index contributed by atoms with van der Waals surface area (Å²) in [5.41, 5.74) is 0.603. The van der Waals surface area contributed by atoms with Crippen LogP contribution >= 0.6 is 0 Å². The summed E-state index contributed by atoms with van der Waals surface area (Å²) >= 11 is 0. The summed E-state index contributed by atoms with van der Waals surface area (Å²) in [4.78, 5) is 12.1. The summed E-state index contributed by atoms with van der Waals surface area (Å²) in [6.45, 7) is 5.59. The summed E-state index contributed by atoms with van der Waals surface area (Å²) in [5.74, 6) is 0.396. The molecule has 2 aromatic rings. The number of halogens is 1. The standard InChI is InChI=1S/C18H18FNO3/c1-3-11-22-17-6-4-5-15(12-17)20-18(21)13(2)23-16-9-7-14(19)8-10-16/h3-10,12-13H,1,11H2,2H3,(H,20,21)/t13-/m1/s1. The molecule has 4 nitrogen and oxygen atoms in total. The fourth-order valence-corrected chi connectivity index (χ4v) is 1.83. The molecule has 0 saturated carbocycles. The molecule has 0 unspecified atom stereocenters. The number of nitrogens with one attached hydrogen (secondary N) is 1. The number of hydrogen-bond acceptors (Lipinski definition) is 3. The zero-order valence-electron chi connectivity index (χ0n) is 12.8. The first-order chi connectivity index (χ1) is 11.1. The van der Waals surface area contributed by atoms with Gasteiger partial charge in [-0.15, -0.1) is 0 Å². The quantitative estimate of drug-likeness (QED) is 0.791. The van der Waals surface area contributed by atoms with Gasteiger partial charge < -0.3 is 14.8 Å². The van der Waals surface area contributed by atoms with Crippen molar-refractivity contribution in [1.29, 1.82) is 0 Å². The molecule has 5 heteroatoms. The maximum absolute atomic E-state index is 12.8. The third kappa shape index (κ3) is 5.14. The Morgan fingerprint density at radius 2 is 2.00 bits per heavy atom. The fourth-order valence-electron chi connectivity index (χ4n) is 1.83. The molecule has 0 heterocycles. The van der Waals surface area contributed by atoms with Crippen LogP contribution in [0.15, 0.2) is 61.2 Å². The molecule has 0 aliphatic carbocycles. The lowest BCUT2D eigenvalue weighted by Gasteiger charge is -2.15. The first-order valence-electron chi connectivity index (χ1n) is 7.15. The van der Waals surface area contributed by atoms with Gasteiger partial charge in [0.05, 0.1) is 0 Å². The molecule has 0 aliphatic heterocycles. The van der Waals surface area contributed by atoms with Gasteiger partial charge in [-0.1, -0.05) is 18.7 Å². The number of anilines is 1. The van der Waals surface area contributed by atoms with Gasteiger partial charge in [0.15, 0.2) is 6.10 Å². The van der Waals surface area contributed by atoms with Gasteiger partial charge in [-0.3, -0.25) is 4.79 Å². The molecule has 1 amide bonds. The van der Waals surface area contributed by atoms with Crippen LogP contribution in [0, 0.1) is 5.82 Å². The van der Waals surface area contributed by atoms with Crippen LogP contribution in [0.5, 0.6) is 11.5 Å². The van der Waals surface area contributed by atoms with Gasteiger partial charge in [0.1, 0.15) is 23.9 Å². The Balaban J connectivity index is 1.95. The molecular weight excluding hydrogens is 297 g/mol. The predicted octanol–water partition coefficient (Wildman–Crippen LogP) is 3.80. The number of carbonyl (C=O) groups excluding carboxylic acids is 1. The average molecular weight is 315 g/mol. The molecule has 0 spiro atoms. The minimum Gasteiger partial charge on any atom is -0.489 e. The third-order valence-corrected chi connectivity index (χ3v) is 2.97. The summed E-state index contributed by atoms with van der Waals surface area (Å²) < 4.78 is 23.7. The van der Waals surface area contributed by atoms with E-state index in [1.54, 1.807) is 37.3 Å². The first-order valence-corrected chi connectivity index (χ1v) is 7.15. The lowest BCUT2D eigenvalue weighted by molar-refractivity contribution is -0.122. The SMILES string of the molecule is C=CCOc1cccc(NC(=O)[C@@H](C)Oc2ccc(F)cc2)c1. The van der Waals surface area contributed by atoms with E-state index in [0.717, 1.165) is 0 Å². The van der Waals surface area contributed by atoms with E-state index >= 15 is 0 Å². The average Bonchev–Trinajstić information content (AvgIpc) is 2.55. The number of hydrogen-bond donors (Lipinski definition) is 1. The van der Waals surface area contributed by atoms with Gasteiger partial charge in [0.2, 0.25) is 0 Å². The molecule has 0 aliphatic rings. The highest BCUT2D eigenvalue weighted by Gasteiger charge is 2.15. The highest BCUT2D eigenvalue weighted by molar-refractivity contribution is 5.94. The van der Waals surface area contributed by atoms with E-state index in [1.807, 2.05) is 0 Å². The molecule has 120 valence electrons. The Bertz CT molecular complexity index is 670. The topological polar surface area (TPSA) is 47.6 Å². The zero-order valence-corrected chi connectivity index (χ0v) is 12.8. The second-order valence-corrected chi connectivity index (χ2v) is 4.83. The minimum absolute atomic E-state index is 0.310. The third-order valence-electron chi connectivity index (χ3n) is 2.97. The van der Waals surface area contributed by atoms with Crippen LogP contribution in [0.3, 0.4) is 0 Å². The molecule has 2 aromatic carbocycles. The van der Waals surface area contributed by atoms with Crippen LogP contribution < -0.4 is 14.8 Å². The van der Waals surface area contributed by atoms with Gasteiger partial charge in [-0.05, 0) is 43.3 Å². The van der Waals surface area contributed by atoms with Crippen molar-refractivity contribution in [2.45, 2.75) is 13.0 Å². The maximum atomic E-state index is 12.8. The second-order valence-electron chi connectivity index (χ2n) is 4.83. The second kappa shape index (κ2) is 7.98. The van der Waals surface area contributed by atoms with Crippen LogP contribution in [0.4, 0.5) is 10.1 Å². The minimum atomic E-state index is -0.724. The van der Waals surface area contributed by atoms with Crippen LogP contribution in [0.1, 0.15) is 6.92 Å². The number of carbonyl (C=O) groups is 1. The highest BCUT2D eigenvalue weighted by atomic mass is 19.1. The molecule has 0 bridgehead atoms. The van der Waals surface area contributed by atoms with Crippen molar-refractivity contribution in [2.75, 3.05) is 11.9 Å². The van der Waals surface area contributed by atoms with Gasteiger partial charge in [-0.25, -0.2) is 4.39 Å². The summed E-state index contributed by atoms with van der Waals surface area (Å²) in [7, 11) is 0. The maximum Gasteiger partial charge on any atom is 0.265 e. The van der Waals surface area contributed by atoms with E-state index in [0.29, 0.717) is 23.8 Å². The molecule has 0 fully saturated rings. The Labute approximate surface area is 134 Å². The van der Waals surface area contributed by atoms with Crippen LogP contribution in [-0.2, 0) is 4.79 Å². The largest absolute Gasteiger partial charge is 0.489 e. The van der Waals surface area contributed by atoms with Crippen LogP contribution in [-0.4, -0.2) is 18.6 Å². The summed E-state index contributed by atoms with van der Waals surface area (Å²) in [6, 6.07) is 12.5. The number of ether oxygens (including phenoxy) is 2. The Hall–Kier alpha value is -2.82. The molecule has 0 radical (unpaired) electrons. The van der Waals surface area contributed by atoms with Crippen LogP contribution in [0.2, 0.25) is 0 Å². The molecule has 1 N–H and O–H groups in total. The lowest BCUT2D eigenvalue weighted by atomic mass is 10.2. The van der Waals surface area contributed by atoms with Crippen molar-refractivity contribution in [2.24, 2.45) is 0 Å². The molecular formula is C18H18FNO3. The highest BCUT2D eigenvalue weighted by Crippen LogP contribution is 2.18. The Kier molecular flexibility index (Phi) is 5.74. The lowest BCUT2D eigenvalue weighted by Crippen LogP contribution is -2.30. The van der Waals surface area contributed by atoms with E-state index < -0.39 is 6.10 Å². The smallest absolute Gasteiger partial charge is 0.265 e. The number of rotatable bonds is 7. The van der Waals surface area contributed by atoms with Gasteiger partial charge in [0.25, 0.3) is 5.91 Å². The van der Waals surface area contributed by atoms with Crippen molar-refractivity contribution in [3.8, 4) is 11.5 Å². The van der Waals surface area contributed by atoms with E-state index in [-0.39, 0.29) is 11.7 Å². The fraction of sp³-hybridized carbons (Fsp3) is 0.167. The van der Waals surface area contributed by atoms with Crippen LogP contribution in [0.25, 0.3) is 0 Å². The normalized spacial score (nSPS) is 11.4. The van der Waals surface area contributed by atoms with E-state index in [1.165, 1.54) is 24.3 Å². The van der Waals surface area contributed by atoms with Crippen molar-refractivity contribution in [3.05, 3.63) is 67.0 Å². The predicted molar refractivity (Wildman–Crippen MR) is 87.3 cm³/mol. The van der Waals surface area contributed by atoms with Gasteiger partial charge in [-0.2, -0.15) is 0 Å². The number of amides is 1. The molecule has 2 rings (SSSR count). The molecule has 0 saturated heterocycles. The summed E-state index contributed by atoms with van der Waals surface area (Å²) in [6.07, 6.45) is 0.919. The van der Waals surface area contributed by atoms with E-state index in [2.05, 4.69) is 11.9 Å². The Morgan fingerprint density at radius 1 is 1.26 bits per heavy atom. The monoisotopic (exact) mass is 315 g/mol. The van der Waals surface area contributed by atoms with Crippen molar-refractivity contribution in [1.82, 2.24) is 0 Å². The number of benzene rings is 2. The van der Waals surface area contributed by atoms with E-state index in [4.69, 9.17) is 9.47 Å². The van der Waals surface area contributed by atoms with Crippen molar-refractivity contribution < 1.29 is 18.7 Å². The summed E-state index contributed by atoms with van der Waals surface area (Å²) in [5, 5.41) is 2.75. The van der Waals surface area contributed by atoms with Gasteiger partial charge >= 0.3 is 0 Å². The molecule has 0 aromatic heterocycles. The van der Waals surface area contributed by atoms with Crippen molar-refractivity contribution >= 4 is 11.6 Å². The van der Waals surface area contributed by atoms with Crippen molar-refractivity contribution in [3.63, 3.8) is 0 Å². The molecule has 1 atom stereocenters.